The predicted octanol–water partition coefficient (Wildman–Crippen LogP) is 3.42. The highest BCUT2D eigenvalue weighted by molar-refractivity contribution is 7.89. The first kappa shape index (κ1) is 20.4. The van der Waals surface area contributed by atoms with Crippen molar-refractivity contribution in [3.63, 3.8) is 0 Å². The van der Waals surface area contributed by atoms with Crippen molar-refractivity contribution < 1.29 is 17.6 Å². The van der Waals surface area contributed by atoms with Crippen molar-refractivity contribution in [2.75, 3.05) is 13.1 Å². The Labute approximate surface area is 168 Å². The molecule has 1 aliphatic heterocycles. The lowest BCUT2D eigenvalue weighted by atomic mass is 10.2. The van der Waals surface area contributed by atoms with Gasteiger partial charge in [0.2, 0.25) is 10.0 Å². The Balaban J connectivity index is 1.74. The van der Waals surface area contributed by atoms with Gasteiger partial charge in [-0.15, -0.1) is 0 Å². The number of amides is 1. The fraction of sp³-hybridized carbons (Fsp3) is 0.263. The third kappa shape index (κ3) is 4.57. The molecule has 1 heterocycles. The van der Waals surface area contributed by atoms with Crippen LogP contribution in [0.1, 0.15) is 35.2 Å². The maximum absolute atomic E-state index is 13.7. The number of hydrazone groups is 1. The van der Waals surface area contributed by atoms with Crippen LogP contribution in [0, 0.1) is 5.82 Å². The summed E-state index contributed by atoms with van der Waals surface area (Å²) in [5.41, 5.74) is 2.44. The van der Waals surface area contributed by atoms with E-state index in [0.29, 0.717) is 13.1 Å². The third-order valence-corrected chi connectivity index (χ3v) is 6.63. The number of halogens is 2. The topological polar surface area (TPSA) is 78.8 Å². The van der Waals surface area contributed by atoms with Crippen LogP contribution < -0.4 is 5.43 Å². The lowest BCUT2D eigenvalue weighted by Crippen LogP contribution is -2.35. The number of rotatable bonds is 5. The van der Waals surface area contributed by atoms with Gasteiger partial charge in [-0.05, 0) is 43.2 Å². The van der Waals surface area contributed by atoms with Gasteiger partial charge in [0.05, 0.1) is 16.1 Å². The molecule has 0 aliphatic carbocycles. The molecule has 2 aromatic carbocycles. The maximum atomic E-state index is 13.7. The molecule has 1 saturated heterocycles. The number of benzene rings is 2. The van der Waals surface area contributed by atoms with Gasteiger partial charge in [-0.1, -0.05) is 30.2 Å². The second-order valence-electron chi connectivity index (χ2n) is 6.33. The van der Waals surface area contributed by atoms with Crippen LogP contribution in [-0.4, -0.2) is 37.9 Å². The van der Waals surface area contributed by atoms with Crippen LogP contribution in [0.25, 0.3) is 0 Å². The summed E-state index contributed by atoms with van der Waals surface area (Å²) in [7, 11) is -3.64. The average Bonchev–Trinajstić information content (AvgIpc) is 2.71. The van der Waals surface area contributed by atoms with Crippen LogP contribution in [0.3, 0.4) is 0 Å². The zero-order valence-corrected chi connectivity index (χ0v) is 16.5. The minimum atomic E-state index is -3.64. The molecule has 3 rings (SSSR count). The summed E-state index contributed by atoms with van der Waals surface area (Å²) in [5.74, 6) is -1.18. The molecule has 0 atom stereocenters. The molecule has 0 saturated carbocycles. The van der Waals surface area contributed by atoms with Crippen molar-refractivity contribution in [3.05, 3.63) is 64.4 Å². The molecule has 1 aliphatic rings. The van der Waals surface area contributed by atoms with Gasteiger partial charge in [-0.3, -0.25) is 4.79 Å². The van der Waals surface area contributed by atoms with E-state index in [-0.39, 0.29) is 21.0 Å². The molecule has 0 spiro atoms. The zero-order chi connectivity index (χ0) is 20.1. The molecule has 0 bridgehead atoms. The largest absolute Gasteiger partial charge is 0.271 e. The number of hydrogen-bond acceptors (Lipinski definition) is 4. The molecule has 6 nitrogen and oxygen atoms in total. The monoisotopic (exact) mass is 423 g/mol. The number of carbonyl (C=O) groups excluding carboxylic acids is 1. The molecule has 1 N–H and O–H groups in total. The second kappa shape index (κ2) is 8.81. The third-order valence-electron chi connectivity index (χ3n) is 4.41. The zero-order valence-electron chi connectivity index (χ0n) is 14.9. The molecule has 148 valence electrons. The van der Waals surface area contributed by atoms with Crippen molar-refractivity contribution in [2.24, 2.45) is 5.10 Å². The standard InChI is InChI=1S/C19H19ClFN3O3S/c20-17-8-5-9-18(21)16(17)13-22-23-19(25)14-6-4-7-15(12-14)28(26,27)24-10-2-1-3-11-24/h4-9,12-13H,1-3,10-11H2,(H,23,25)/b22-13-. The lowest BCUT2D eigenvalue weighted by molar-refractivity contribution is 0.0955. The van der Waals surface area contributed by atoms with Gasteiger partial charge in [0.25, 0.3) is 5.91 Å². The van der Waals surface area contributed by atoms with E-state index >= 15 is 0 Å². The summed E-state index contributed by atoms with van der Waals surface area (Å²) >= 11 is 5.89. The van der Waals surface area contributed by atoms with E-state index < -0.39 is 21.7 Å². The van der Waals surface area contributed by atoms with Gasteiger partial charge in [-0.2, -0.15) is 9.41 Å². The maximum Gasteiger partial charge on any atom is 0.271 e. The van der Waals surface area contributed by atoms with Crippen LogP contribution in [0.2, 0.25) is 5.02 Å². The summed E-state index contributed by atoms with van der Waals surface area (Å²) in [6.07, 6.45) is 3.77. The minimum Gasteiger partial charge on any atom is -0.267 e. The van der Waals surface area contributed by atoms with E-state index in [1.807, 2.05) is 0 Å². The Bertz CT molecular complexity index is 985. The Hall–Kier alpha value is -2.29. The predicted molar refractivity (Wildman–Crippen MR) is 106 cm³/mol. The Morgan fingerprint density at radius 2 is 1.86 bits per heavy atom. The first-order chi connectivity index (χ1) is 13.4. The van der Waals surface area contributed by atoms with Gasteiger partial charge in [0.15, 0.2) is 0 Å². The summed E-state index contributed by atoms with van der Waals surface area (Å²) in [4.78, 5) is 12.4. The van der Waals surface area contributed by atoms with E-state index in [0.717, 1.165) is 25.5 Å². The lowest BCUT2D eigenvalue weighted by Gasteiger charge is -2.25. The number of piperidine rings is 1. The number of sulfonamides is 1. The van der Waals surface area contributed by atoms with E-state index in [1.165, 1.54) is 46.8 Å². The molecular formula is C19H19ClFN3O3S. The van der Waals surface area contributed by atoms with Gasteiger partial charge in [0, 0.05) is 24.2 Å². The fourth-order valence-electron chi connectivity index (χ4n) is 2.91. The second-order valence-corrected chi connectivity index (χ2v) is 8.67. The van der Waals surface area contributed by atoms with Crippen LogP contribution in [0.15, 0.2) is 52.5 Å². The molecule has 1 amide bonds. The highest BCUT2D eigenvalue weighted by Gasteiger charge is 2.26. The van der Waals surface area contributed by atoms with Gasteiger partial charge in [0.1, 0.15) is 5.82 Å². The van der Waals surface area contributed by atoms with Crippen molar-refractivity contribution in [2.45, 2.75) is 24.2 Å². The van der Waals surface area contributed by atoms with Gasteiger partial charge < -0.3 is 0 Å². The Morgan fingerprint density at radius 3 is 2.57 bits per heavy atom. The summed E-state index contributed by atoms with van der Waals surface area (Å²) < 4.78 is 40.6. The smallest absolute Gasteiger partial charge is 0.267 e. The molecule has 0 unspecified atom stereocenters. The number of carbonyl (C=O) groups is 1. The minimum absolute atomic E-state index is 0.0471. The van der Waals surface area contributed by atoms with Crippen molar-refractivity contribution in [1.82, 2.24) is 9.73 Å². The molecule has 0 radical (unpaired) electrons. The Kier molecular flexibility index (Phi) is 6.43. The molecule has 9 heteroatoms. The summed E-state index contributed by atoms with van der Waals surface area (Å²) in [6.45, 7) is 0.957. The van der Waals surface area contributed by atoms with Gasteiger partial charge >= 0.3 is 0 Å². The molecule has 28 heavy (non-hydrogen) atoms. The SMILES string of the molecule is O=C(N/N=C\c1c(F)cccc1Cl)c1cccc(S(=O)(=O)N2CCCCC2)c1. The number of hydrogen-bond donors (Lipinski definition) is 1. The van der Waals surface area contributed by atoms with Crippen molar-refractivity contribution >= 4 is 33.7 Å². The van der Waals surface area contributed by atoms with Crippen molar-refractivity contribution in [1.29, 1.82) is 0 Å². The normalized spacial score (nSPS) is 15.6. The number of nitrogens with zero attached hydrogens (tertiary/aromatic N) is 2. The molecular weight excluding hydrogens is 405 g/mol. The highest BCUT2D eigenvalue weighted by atomic mass is 35.5. The quantitative estimate of drug-likeness (QED) is 0.591. The van der Waals surface area contributed by atoms with E-state index in [9.17, 15) is 17.6 Å². The average molecular weight is 424 g/mol. The summed E-state index contributed by atoms with van der Waals surface area (Å²) in [6, 6.07) is 9.95. The van der Waals surface area contributed by atoms with Crippen LogP contribution in [0.4, 0.5) is 4.39 Å². The first-order valence-electron chi connectivity index (χ1n) is 8.77. The van der Waals surface area contributed by atoms with E-state index in [4.69, 9.17) is 11.6 Å². The van der Waals surface area contributed by atoms with E-state index in [1.54, 1.807) is 0 Å². The highest BCUT2D eigenvalue weighted by Crippen LogP contribution is 2.21. The Morgan fingerprint density at radius 1 is 1.14 bits per heavy atom. The van der Waals surface area contributed by atoms with Gasteiger partial charge in [-0.25, -0.2) is 18.2 Å². The van der Waals surface area contributed by atoms with Crippen LogP contribution in [0.5, 0.6) is 0 Å². The fourth-order valence-corrected chi connectivity index (χ4v) is 4.68. The number of nitrogens with one attached hydrogen (secondary N) is 1. The molecule has 0 aromatic heterocycles. The molecule has 2 aromatic rings. The first-order valence-corrected chi connectivity index (χ1v) is 10.6. The van der Waals surface area contributed by atoms with Crippen LogP contribution >= 0.6 is 11.6 Å². The van der Waals surface area contributed by atoms with E-state index in [2.05, 4.69) is 10.5 Å². The molecule has 1 fully saturated rings. The van der Waals surface area contributed by atoms with Crippen LogP contribution in [-0.2, 0) is 10.0 Å². The van der Waals surface area contributed by atoms with Crippen molar-refractivity contribution in [3.8, 4) is 0 Å². The summed E-state index contributed by atoms with van der Waals surface area (Å²) in [5, 5.41) is 3.87.